The van der Waals surface area contributed by atoms with Crippen molar-refractivity contribution in [1.29, 1.82) is 0 Å². The number of aromatic nitrogens is 1. The Morgan fingerprint density at radius 3 is 2.74 bits per heavy atom. The molecule has 0 radical (unpaired) electrons. The Balaban J connectivity index is 1.96. The zero-order valence-electron chi connectivity index (χ0n) is 10.3. The summed E-state index contributed by atoms with van der Waals surface area (Å²) in [4.78, 5) is 4.65. The summed E-state index contributed by atoms with van der Waals surface area (Å²) in [6, 6.07) is 14.1. The van der Waals surface area contributed by atoms with Gasteiger partial charge in [-0.15, -0.1) is 11.3 Å². The fourth-order valence-electron chi connectivity index (χ4n) is 2.12. The van der Waals surface area contributed by atoms with Crippen molar-refractivity contribution in [3.8, 4) is 0 Å². The lowest BCUT2D eigenvalue weighted by molar-refractivity contribution is 1.01. The van der Waals surface area contributed by atoms with Gasteiger partial charge in [-0.1, -0.05) is 29.8 Å². The zero-order chi connectivity index (χ0) is 13.2. The van der Waals surface area contributed by atoms with E-state index in [4.69, 9.17) is 17.3 Å². The quantitative estimate of drug-likeness (QED) is 0.791. The standard InChI is InChI=1S/C15H13ClN2S/c16-12-6-5-10(11(7-12)9-17)8-15-18-13-3-1-2-4-14(13)19-15/h1-7H,8-9,17H2. The topological polar surface area (TPSA) is 38.9 Å². The Morgan fingerprint density at radius 2 is 1.95 bits per heavy atom. The summed E-state index contributed by atoms with van der Waals surface area (Å²) in [5.41, 5.74) is 9.12. The van der Waals surface area contributed by atoms with Crippen molar-refractivity contribution >= 4 is 33.2 Å². The van der Waals surface area contributed by atoms with Crippen molar-refractivity contribution in [3.05, 3.63) is 63.6 Å². The third-order valence-corrected chi connectivity index (χ3v) is 4.34. The van der Waals surface area contributed by atoms with Gasteiger partial charge < -0.3 is 5.73 Å². The van der Waals surface area contributed by atoms with E-state index in [2.05, 4.69) is 11.1 Å². The molecule has 0 atom stereocenters. The number of para-hydroxylation sites is 1. The van der Waals surface area contributed by atoms with Crippen molar-refractivity contribution in [1.82, 2.24) is 4.98 Å². The molecule has 4 heteroatoms. The molecular weight excluding hydrogens is 276 g/mol. The first-order valence-electron chi connectivity index (χ1n) is 6.08. The molecule has 0 spiro atoms. The molecule has 0 amide bonds. The van der Waals surface area contributed by atoms with Gasteiger partial charge in [0.25, 0.3) is 0 Å². The van der Waals surface area contributed by atoms with Gasteiger partial charge in [-0.25, -0.2) is 4.98 Å². The van der Waals surface area contributed by atoms with Gasteiger partial charge in [-0.05, 0) is 35.4 Å². The Hall–Kier alpha value is -1.42. The molecule has 0 aliphatic carbocycles. The molecule has 0 aliphatic heterocycles. The fourth-order valence-corrected chi connectivity index (χ4v) is 3.30. The average molecular weight is 289 g/mol. The summed E-state index contributed by atoms with van der Waals surface area (Å²) in [5, 5.41) is 1.84. The van der Waals surface area contributed by atoms with Crippen LogP contribution in [0.5, 0.6) is 0 Å². The lowest BCUT2D eigenvalue weighted by Gasteiger charge is -2.06. The molecule has 0 fully saturated rings. The van der Waals surface area contributed by atoms with Crippen LogP contribution in [0.4, 0.5) is 0 Å². The number of nitrogens with two attached hydrogens (primary N) is 1. The highest BCUT2D eigenvalue weighted by Crippen LogP contribution is 2.25. The summed E-state index contributed by atoms with van der Waals surface area (Å²) in [6.45, 7) is 0.501. The second-order valence-electron chi connectivity index (χ2n) is 4.37. The van der Waals surface area contributed by atoms with Gasteiger partial charge in [0.05, 0.1) is 15.2 Å². The molecule has 2 aromatic carbocycles. The van der Waals surface area contributed by atoms with E-state index >= 15 is 0 Å². The lowest BCUT2D eigenvalue weighted by atomic mass is 10.1. The second kappa shape index (κ2) is 5.29. The number of hydrogen-bond acceptors (Lipinski definition) is 3. The van der Waals surface area contributed by atoms with Crippen molar-refractivity contribution in [2.75, 3.05) is 0 Å². The van der Waals surface area contributed by atoms with Crippen molar-refractivity contribution in [2.24, 2.45) is 5.73 Å². The number of thiazole rings is 1. The predicted molar refractivity (Wildman–Crippen MR) is 81.8 cm³/mol. The smallest absolute Gasteiger partial charge is 0.0982 e. The maximum atomic E-state index is 5.99. The van der Waals surface area contributed by atoms with E-state index in [9.17, 15) is 0 Å². The molecule has 3 rings (SSSR count). The number of halogens is 1. The summed E-state index contributed by atoms with van der Waals surface area (Å²) in [6.07, 6.45) is 0.809. The molecule has 19 heavy (non-hydrogen) atoms. The van der Waals surface area contributed by atoms with E-state index in [-0.39, 0.29) is 0 Å². The summed E-state index contributed by atoms with van der Waals surface area (Å²) >= 11 is 7.72. The number of nitrogens with zero attached hydrogens (tertiary/aromatic N) is 1. The highest BCUT2D eigenvalue weighted by molar-refractivity contribution is 7.18. The molecule has 2 N–H and O–H groups in total. The van der Waals surface area contributed by atoms with Gasteiger partial charge in [0.15, 0.2) is 0 Å². The van der Waals surface area contributed by atoms with Crippen molar-refractivity contribution in [3.63, 3.8) is 0 Å². The first-order chi connectivity index (χ1) is 9.26. The maximum absolute atomic E-state index is 5.99. The van der Waals surface area contributed by atoms with Crippen LogP contribution in [-0.2, 0) is 13.0 Å². The molecule has 0 saturated heterocycles. The molecule has 0 bridgehead atoms. The highest BCUT2D eigenvalue weighted by atomic mass is 35.5. The Labute approximate surface area is 120 Å². The minimum atomic E-state index is 0.501. The van der Waals surface area contributed by atoms with Crippen LogP contribution in [0.15, 0.2) is 42.5 Å². The van der Waals surface area contributed by atoms with E-state index in [0.717, 1.165) is 27.5 Å². The van der Waals surface area contributed by atoms with Gasteiger partial charge in [-0.3, -0.25) is 0 Å². The van der Waals surface area contributed by atoms with Crippen LogP contribution in [-0.4, -0.2) is 4.98 Å². The fraction of sp³-hybridized carbons (Fsp3) is 0.133. The van der Waals surface area contributed by atoms with Gasteiger partial charge in [0, 0.05) is 18.0 Å². The van der Waals surface area contributed by atoms with Crippen molar-refractivity contribution in [2.45, 2.75) is 13.0 Å². The first-order valence-corrected chi connectivity index (χ1v) is 7.27. The highest BCUT2D eigenvalue weighted by Gasteiger charge is 2.07. The van der Waals surface area contributed by atoms with Gasteiger partial charge >= 0.3 is 0 Å². The first kappa shape index (κ1) is 12.6. The van der Waals surface area contributed by atoms with Gasteiger partial charge in [0.1, 0.15) is 0 Å². The molecule has 0 saturated carbocycles. The Bertz CT molecular complexity index is 688. The number of benzene rings is 2. The average Bonchev–Trinajstić information content (AvgIpc) is 2.83. The monoisotopic (exact) mass is 288 g/mol. The molecule has 0 unspecified atom stereocenters. The number of rotatable bonds is 3. The van der Waals surface area contributed by atoms with E-state index in [1.165, 1.54) is 10.3 Å². The van der Waals surface area contributed by atoms with Crippen LogP contribution in [0.3, 0.4) is 0 Å². The van der Waals surface area contributed by atoms with E-state index in [0.29, 0.717) is 6.54 Å². The summed E-state index contributed by atoms with van der Waals surface area (Å²) in [7, 11) is 0. The third-order valence-electron chi connectivity index (χ3n) is 3.07. The Morgan fingerprint density at radius 1 is 1.11 bits per heavy atom. The summed E-state index contributed by atoms with van der Waals surface area (Å²) in [5.74, 6) is 0. The number of fused-ring (bicyclic) bond motifs is 1. The molecule has 1 aromatic heterocycles. The van der Waals surface area contributed by atoms with Gasteiger partial charge in [0.2, 0.25) is 0 Å². The number of hydrogen-bond donors (Lipinski definition) is 1. The zero-order valence-corrected chi connectivity index (χ0v) is 11.8. The molecule has 2 nitrogen and oxygen atoms in total. The van der Waals surface area contributed by atoms with Crippen LogP contribution < -0.4 is 5.73 Å². The predicted octanol–water partition coefficient (Wildman–Crippen LogP) is 4.00. The normalized spacial score (nSPS) is 11.1. The molecule has 0 aliphatic rings. The molecule has 3 aromatic rings. The molecule has 96 valence electrons. The van der Waals surface area contributed by atoms with Crippen LogP contribution in [0.2, 0.25) is 5.02 Å². The van der Waals surface area contributed by atoms with Crippen LogP contribution >= 0.6 is 22.9 Å². The minimum absolute atomic E-state index is 0.501. The van der Waals surface area contributed by atoms with Crippen LogP contribution in [0, 0.1) is 0 Å². The maximum Gasteiger partial charge on any atom is 0.0982 e. The van der Waals surface area contributed by atoms with E-state index in [1.807, 2.05) is 36.4 Å². The SMILES string of the molecule is NCc1cc(Cl)ccc1Cc1nc2ccccc2s1. The second-order valence-corrected chi connectivity index (χ2v) is 5.92. The van der Waals surface area contributed by atoms with Crippen molar-refractivity contribution < 1.29 is 0 Å². The largest absolute Gasteiger partial charge is 0.326 e. The molecule has 1 heterocycles. The van der Waals surface area contributed by atoms with Gasteiger partial charge in [-0.2, -0.15) is 0 Å². The van der Waals surface area contributed by atoms with Crippen LogP contribution in [0.25, 0.3) is 10.2 Å². The Kier molecular flexibility index (Phi) is 3.51. The minimum Gasteiger partial charge on any atom is -0.326 e. The lowest BCUT2D eigenvalue weighted by Crippen LogP contribution is -2.02. The van der Waals surface area contributed by atoms with E-state index in [1.54, 1.807) is 11.3 Å². The van der Waals surface area contributed by atoms with E-state index < -0.39 is 0 Å². The van der Waals surface area contributed by atoms with Crippen LogP contribution in [0.1, 0.15) is 16.1 Å². The molecular formula is C15H13ClN2S. The summed E-state index contributed by atoms with van der Waals surface area (Å²) < 4.78 is 1.22. The third kappa shape index (κ3) is 2.63.